The van der Waals surface area contributed by atoms with Crippen LogP contribution in [0.5, 0.6) is 0 Å². The zero-order valence-electron chi connectivity index (χ0n) is 16.2. The van der Waals surface area contributed by atoms with Crippen LogP contribution in [-0.2, 0) is 10.0 Å². The molecule has 7 heteroatoms. The number of aryl methyl sites for hydroxylation is 1. The lowest BCUT2D eigenvalue weighted by atomic mass is 10.2. The molecule has 148 valence electrons. The Morgan fingerprint density at radius 2 is 1.79 bits per heavy atom. The molecule has 3 rings (SSSR count). The number of fused-ring (bicyclic) bond motifs is 1. The van der Waals surface area contributed by atoms with Gasteiger partial charge in [-0.3, -0.25) is 9.10 Å². The quantitative estimate of drug-likeness (QED) is 0.614. The Kier molecular flexibility index (Phi) is 6.05. The summed E-state index contributed by atoms with van der Waals surface area (Å²) in [6.45, 7) is 6.69. The highest BCUT2D eigenvalue weighted by atomic mass is 32.2. The van der Waals surface area contributed by atoms with Crippen molar-refractivity contribution in [3.05, 3.63) is 59.0 Å². The van der Waals surface area contributed by atoms with Crippen LogP contribution < -0.4 is 9.62 Å². The van der Waals surface area contributed by atoms with Gasteiger partial charge in [-0.25, -0.2) is 8.42 Å². The van der Waals surface area contributed by atoms with Crippen molar-refractivity contribution < 1.29 is 13.2 Å². The van der Waals surface area contributed by atoms with E-state index in [0.717, 1.165) is 22.1 Å². The van der Waals surface area contributed by atoms with Crippen LogP contribution in [0.15, 0.2) is 53.4 Å². The Morgan fingerprint density at radius 3 is 2.43 bits per heavy atom. The molecule has 0 radical (unpaired) electrons. The number of hydrogen-bond acceptors (Lipinski definition) is 4. The van der Waals surface area contributed by atoms with E-state index in [1.165, 1.54) is 15.6 Å². The second kappa shape index (κ2) is 8.32. The van der Waals surface area contributed by atoms with Crippen molar-refractivity contribution in [1.29, 1.82) is 0 Å². The number of sulfonamides is 1. The largest absolute Gasteiger partial charge is 0.351 e. The lowest BCUT2D eigenvalue weighted by molar-refractivity contribution is 0.0957. The second-order valence-electron chi connectivity index (χ2n) is 6.57. The summed E-state index contributed by atoms with van der Waals surface area (Å²) in [5, 5.41) is 3.74. The topological polar surface area (TPSA) is 66.5 Å². The van der Waals surface area contributed by atoms with Crippen molar-refractivity contribution in [2.24, 2.45) is 0 Å². The van der Waals surface area contributed by atoms with Crippen LogP contribution in [0.3, 0.4) is 0 Å². The number of hydrogen-bond donors (Lipinski definition) is 1. The van der Waals surface area contributed by atoms with Crippen LogP contribution in [-0.4, -0.2) is 27.4 Å². The van der Waals surface area contributed by atoms with Crippen molar-refractivity contribution in [1.82, 2.24) is 5.32 Å². The Labute approximate surface area is 170 Å². The first-order valence-corrected chi connectivity index (χ1v) is 11.5. The molecule has 1 aromatic heterocycles. The minimum Gasteiger partial charge on any atom is -0.351 e. The molecule has 0 aliphatic heterocycles. The molecule has 0 saturated carbocycles. The molecule has 1 amide bonds. The van der Waals surface area contributed by atoms with Crippen LogP contribution in [0.4, 0.5) is 5.69 Å². The summed E-state index contributed by atoms with van der Waals surface area (Å²) < 4.78 is 28.6. The van der Waals surface area contributed by atoms with Crippen molar-refractivity contribution in [3.63, 3.8) is 0 Å². The van der Waals surface area contributed by atoms with Gasteiger partial charge in [0.1, 0.15) is 0 Å². The summed E-state index contributed by atoms with van der Waals surface area (Å²) >= 11 is 1.41. The molecule has 0 aliphatic rings. The smallest absolute Gasteiger partial charge is 0.264 e. The molecule has 0 atom stereocenters. The minimum absolute atomic E-state index is 0.0933. The molecular formula is C21H24N2O3S2. The van der Waals surface area contributed by atoms with E-state index in [1.54, 1.807) is 30.3 Å². The lowest BCUT2D eigenvalue weighted by Gasteiger charge is -2.23. The molecule has 1 N–H and O–H groups in total. The zero-order chi connectivity index (χ0) is 20.3. The zero-order valence-corrected chi connectivity index (χ0v) is 17.9. The average molecular weight is 417 g/mol. The van der Waals surface area contributed by atoms with E-state index in [2.05, 4.69) is 5.32 Å². The van der Waals surface area contributed by atoms with Gasteiger partial charge >= 0.3 is 0 Å². The number of nitrogens with zero attached hydrogens (tertiary/aromatic N) is 1. The van der Waals surface area contributed by atoms with Crippen molar-refractivity contribution in [2.75, 3.05) is 17.4 Å². The maximum absolute atomic E-state index is 13.1. The molecule has 0 aliphatic carbocycles. The molecule has 0 unspecified atom stereocenters. The molecule has 2 aromatic carbocycles. The number of benzene rings is 2. The van der Waals surface area contributed by atoms with Gasteiger partial charge in [0.05, 0.1) is 15.5 Å². The SMILES string of the molecule is CCCNC(=O)c1cc2cc(N(CC)S(=O)(=O)c3ccc(C)cc3)ccc2s1. The number of thiophene rings is 1. The van der Waals surface area contributed by atoms with Gasteiger partial charge in [-0.2, -0.15) is 0 Å². The molecule has 5 nitrogen and oxygen atoms in total. The summed E-state index contributed by atoms with van der Waals surface area (Å²) in [6.07, 6.45) is 0.878. The maximum atomic E-state index is 13.1. The third kappa shape index (κ3) is 4.05. The summed E-state index contributed by atoms with van der Waals surface area (Å²) in [7, 11) is -3.65. The van der Waals surface area contributed by atoms with E-state index in [0.29, 0.717) is 23.7 Å². The Bertz CT molecular complexity index is 1090. The van der Waals surface area contributed by atoms with Gasteiger partial charge in [0, 0.05) is 17.8 Å². The predicted molar refractivity (Wildman–Crippen MR) is 116 cm³/mol. The number of rotatable bonds is 7. The van der Waals surface area contributed by atoms with E-state index in [4.69, 9.17) is 0 Å². The van der Waals surface area contributed by atoms with Crippen LogP contribution in [0.2, 0.25) is 0 Å². The highest BCUT2D eigenvalue weighted by Gasteiger charge is 2.24. The normalized spacial score (nSPS) is 11.5. The van der Waals surface area contributed by atoms with Gasteiger partial charge in [-0.05, 0) is 62.1 Å². The Balaban J connectivity index is 1.96. The summed E-state index contributed by atoms with van der Waals surface area (Å²) in [6, 6.07) is 14.2. The lowest BCUT2D eigenvalue weighted by Crippen LogP contribution is -2.30. The van der Waals surface area contributed by atoms with Crippen LogP contribution in [0, 0.1) is 6.92 Å². The first-order chi connectivity index (χ1) is 13.4. The van der Waals surface area contributed by atoms with Crippen LogP contribution in [0.1, 0.15) is 35.5 Å². The fraction of sp³-hybridized carbons (Fsp3) is 0.286. The molecule has 0 fully saturated rings. The van der Waals surface area contributed by atoms with E-state index < -0.39 is 10.0 Å². The fourth-order valence-electron chi connectivity index (χ4n) is 2.95. The number of carbonyl (C=O) groups is 1. The first-order valence-electron chi connectivity index (χ1n) is 9.28. The predicted octanol–water partition coefficient (Wildman–Crippen LogP) is 4.56. The number of amides is 1. The third-order valence-corrected chi connectivity index (χ3v) is 7.48. The van der Waals surface area contributed by atoms with E-state index >= 15 is 0 Å². The minimum atomic E-state index is -3.65. The number of anilines is 1. The van der Waals surface area contributed by atoms with Crippen molar-refractivity contribution >= 4 is 43.0 Å². The summed E-state index contributed by atoms with van der Waals surface area (Å²) in [4.78, 5) is 13.1. The number of carbonyl (C=O) groups excluding carboxylic acids is 1. The van der Waals surface area contributed by atoms with Gasteiger partial charge in [0.2, 0.25) is 0 Å². The van der Waals surface area contributed by atoms with Gasteiger partial charge in [-0.15, -0.1) is 11.3 Å². The molecule has 0 saturated heterocycles. The van der Waals surface area contributed by atoms with Gasteiger partial charge < -0.3 is 5.32 Å². The second-order valence-corrected chi connectivity index (χ2v) is 9.52. The fourth-order valence-corrected chi connectivity index (χ4v) is 5.38. The van der Waals surface area contributed by atoms with Crippen molar-refractivity contribution in [2.45, 2.75) is 32.1 Å². The Hall–Kier alpha value is -2.38. The van der Waals surface area contributed by atoms with E-state index in [9.17, 15) is 13.2 Å². The van der Waals surface area contributed by atoms with E-state index in [-0.39, 0.29) is 10.8 Å². The molecule has 0 spiro atoms. The number of nitrogens with one attached hydrogen (secondary N) is 1. The van der Waals surface area contributed by atoms with Crippen LogP contribution in [0.25, 0.3) is 10.1 Å². The van der Waals surface area contributed by atoms with Gasteiger partial charge in [-0.1, -0.05) is 24.6 Å². The van der Waals surface area contributed by atoms with Gasteiger partial charge in [0.25, 0.3) is 15.9 Å². The third-order valence-electron chi connectivity index (χ3n) is 4.44. The van der Waals surface area contributed by atoms with Crippen LogP contribution >= 0.6 is 11.3 Å². The standard InChI is InChI=1S/C21H24N2O3S2/c1-4-12-22-21(24)20-14-16-13-17(8-11-19(16)27-20)23(5-2)28(25,26)18-9-6-15(3)7-10-18/h6-11,13-14H,4-5,12H2,1-3H3,(H,22,24). The molecular weight excluding hydrogens is 392 g/mol. The molecule has 28 heavy (non-hydrogen) atoms. The van der Waals surface area contributed by atoms with Crippen molar-refractivity contribution in [3.8, 4) is 0 Å². The molecule has 0 bridgehead atoms. The van der Waals surface area contributed by atoms with E-state index in [1.807, 2.05) is 39.0 Å². The average Bonchev–Trinajstić information content (AvgIpc) is 3.10. The maximum Gasteiger partial charge on any atom is 0.264 e. The highest BCUT2D eigenvalue weighted by Crippen LogP contribution is 2.31. The molecule has 1 heterocycles. The van der Waals surface area contributed by atoms with Gasteiger partial charge in [0.15, 0.2) is 0 Å². The summed E-state index contributed by atoms with van der Waals surface area (Å²) in [5.74, 6) is -0.0933. The monoisotopic (exact) mass is 416 g/mol. The first kappa shape index (κ1) is 20.4. The summed E-state index contributed by atoms with van der Waals surface area (Å²) in [5.41, 5.74) is 1.60. The molecule has 3 aromatic rings. The highest BCUT2D eigenvalue weighted by molar-refractivity contribution is 7.92. The Morgan fingerprint density at radius 1 is 1.07 bits per heavy atom.